The fraction of sp³-hybridized carbons (Fsp3) is 0.833. The molecule has 0 saturated heterocycles. The van der Waals surface area contributed by atoms with Crippen LogP contribution < -0.4 is 11.1 Å². The van der Waals surface area contributed by atoms with Crippen molar-refractivity contribution < 1.29 is 57.8 Å². The topological polar surface area (TPSA) is 225 Å². The molecule has 0 aromatic carbocycles. The second-order valence-electron chi connectivity index (χ2n) is 11.7. The maximum atomic E-state index is 12.4. The Morgan fingerprint density at radius 2 is 1.27 bits per heavy atom. The maximum absolute atomic E-state index is 12.4. The number of amides is 1. The predicted molar refractivity (Wildman–Crippen MR) is 176 cm³/mol. The molecule has 278 valence electrons. The van der Waals surface area contributed by atoms with Crippen molar-refractivity contribution in [2.45, 2.75) is 58.0 Å². The maximum Gasteiger partial charge on any atom is 0.321 e. The molecular formula is C30H55N5O12S. The largest absolute Gasteiger partial charge is 0.481 e. The van der Waals surface area contributed by atoms with E-state index in [2.05, 4.69) is 36.4 Å². The van der Waals surface area contributed by atoms with Gasteiger partial charge in [-0.25, -0.2) is 4.68 Å². The van der Waals surface area contributed by atoms with E-state index >= 15 is 0 Å². The highest BCUT2D eigenvalue weighted by Crippen LogP contribution is 2.18. The summed E-state index contributed by atoms with van der Waals surface area (Å²) in [5.41, 5.74) is 6.20. The lowest BCUT2D eigenvalue weighted by Gasteiger charge is -2.17. The lowest BCUT2D eigenvalue weighted by atomic mass is 9.93. The Bertz CT molecular complexity index is 998. The summed E-state index contributed by atoms with van der Waals surface area (Å²) in [5, 5.41) is 27.5. The molecule has 17 nitrogen and oxygen atoms in total. The van der Waals surface area contributed by atoms with E-state index in [4.69, 9.17) is 49.1 Å². The molecule has 0 bridgehead atoms. The summed E-state index contributed by atoms with van der Waals surface area (Å²) < 4.78 is 40.0. The van der Waals surface area contributed by atoms with Crippen LogP contribution in [0.5, 0.6) is 0 Å². The smallest absolute Gasteiger partial charge is 0.321 e. The average Bonchev–Trinajstić information content (AvgIpc) is 3.48. The van der Waals surface area contributed by atoms with Gasteiger partial charge in [0, 0.05) is 12.4 Å². The van der Waals surface area contributed by atoms with E-state index in [1.807, 2.05) is 0 Å². The minimum absolute atomic E-state index is 0.0307. The van der Waals surface area contributed by atoms with Crippen LogP contribution in [-0.4, -0.2) is 153 Å². The van der Waals surface area contributed by atoms with E-state index < -0.39 is 35.6 Å². The molecule has 1 rings (SSSR count). The van der Waals surface area contributed by atoms with Crippen molar-refractivity contribution in [1.29, 1.82) is 0 Å². The van der Waals surface area contributed by atoms with Gasteiger partial charge in [0.1, 0.15) is 11.7 Å². The summed E-state index contributed by atoms with van der Waals surface area (Å²) in [4.78, 5) is 34.4. The van der Waals surface area contributed by atoms with Gasteiger partial charge in [0.2, 0.25) is 5.91 Å². The van der Waals surface area contributed by atoms with E-state index in [-0.39, 0.29) is 17.7 Å². The molecule has 48 heavy (non-hydrogen) atoms. The highest BCUT2D eigenvalue weighted by molar-refractivity contribution is 8.00. The van der Waals surface area contributed by atoms with Gasteiger partial charge in [-0.3, -0.25) is 14.4 Å². The second kappa shape index (κ2) is 27.4. The fourth-order valence-corrected chi connectivity index (χ4v) is 4.53. The highest BCUT2D eigenvalue weighted by atomic mass is 32.2. The molecule has 1 heterocycles. The number of carbonyl (C=O) groups is 3. The van der Waals surface area contributed by atoms with Gasteiger partial charge in [-0.05, 0) is 11.8 Å². The molecule has 2 unspecified atom stereocenters. The monoisotopic (exact) mass is 709 g/mol. The third-order valence-electron chi connectivity index (χ3n) is 6.17. The van der Waals surface area contributed by atoms with Crippen LogP contribution in [0.15, 0.2) is 6.20 Å². The number of nitrogens with one attached hydrogen (secondary N) is 1. The molecular weight excluding hydrogens is 654 g/mol. The van der Waals surface area contributed by atoms with Gasteiger partial charge in [-0.15, -0.1) is 16.9 Å². The van der Waals surface area contributed by atoms with Crippen molar-refractivity contribution in [2.75, 3.05) is 98.2 Å². The molecule has 0 aliphatic heterocycles. The Balaban J connectivity index is 1.93. The molecule has 1 aromatic rings. The van der Waals surface area contributed by atoms with Gasteiger partial charge < -0.3 is 54.4 Å². The minimum Gasteiger partial charge on any atom is -0.481 e. The molecule has 1 amide bonds. The number of nitrogens with zero attached hydrogens (tertiary/aromatic N) is 3. The van der Waals surface area contributed by atoms with Crippen LogP contribution in [0.3, 0.4) is 0 Å². The molecule has 0 saturated carbocycles. The quantitative estimate of drug-likeness (QED) is 0.0745. The summed E-state index contributed by atoms with van der Waals surface area (Å²) in [6, 6.07) is -1.20. The summed E-state index contributed by atoms with van der Waals surface area (Å²) >= 11 is 0.878. The van der Waals surface area contributed by atoms with Crippen molar-refractivity contribution >= 4 is 29.6 Å². The van der Waals surface area contributed by atoms with Crippen LogP contribution >= 0.6 is 11.8 Å². The summed E-state index contributed by atoms with van der Waals surface area (Å²) in [7, 11) is 0. The lowest BCUT2D eigenvalue weighted by Crippen LogP contribution is -2.37. The third-order valence-corrected chi connectivity index (χ3v) is 7.50. The van der Waals surface area contributed by atoms with Gasteiger partial charge in [0.15, 0.2) is 0 Å². The van der Waals surface area contributed by atoms with Crippen molar-refractivity contribution in [3.05, 3.63) is 11.9 Å². The number of carbonyl (C=O) groups excluding carboxylic acids is 1. The van der Waals surface area contributed by atoms with Crippen LogP contribution in [0.2, 0.25) is 0 Å². The van der Waals surface area contributed by atoms with Gasteiger partial charge in [0.05, 0.1) is 117 Å². The van der Waals surface area contributed by atoms with E-state index in [0.29, 0.717) is 98.1 Å². The molecule has 0 aliphatic rings. The zero-order chi connectivity index (χ0) is 35.5. The van der Waals surface area contributed by atoms with Gasteiger partial charge in [-0.2, -0.15) is 0 Å². The first-order valence-electron chi connectivity index (χ1n) is 16.0. The Labute approximate surface area is 286 Å². The fourth-order valence-electron chi connectivity index (χ4n) is 3.46. The van der Waals surface area contributed by atoms with E-state index in [1.165, 1.54) is 0 Å². The van der Waals surface area contributed by atoms with Crippen LogP contribution in [0.4, 0.5) is 0 Å². The molecule has 0 spiro atoms. The predicted octanol–water partition coefficient (Wildman–Crippen LogP) is 0.435. The average molecular weight is 710 g/mol. The summed E-state index contributed by atoms with van der Waals surface area (Å²) in [5.74, 6) is -3.07. The number of aromatic nitrogens is 3. The number of nitrogens with two attached hydrogens (primary N) is 1. The first-order valence-corrected chi connectivity index (χ1v) is 17.1. The van der Waals surface area contributed by atoms with Crippen molar-refractivity contribution in [3.8, 4) is 0 Å². The summed E-state index contributed by atoms with van der Waals surface area (Å²) in [6.45, 7) is 14.0. The van der Waals surface area contributed by atoms with Crippen LogP contribution in [0, 0.1) is 5.41 Å². The van der Waals surface area contributed by atoms with Gasteiger partial charge in [-0.1, -0.05) is 26.0 Å². The van der Waals surface area contributed by atoms with Crippen LogP contribution in [0.1, 0.15) is 39.3 Å². The van der Waals surface area contributed by atoms with Crippen LogP contribution in [-0.2, 0) is 60.6 Å². The van der Waals surface area contributed by atoms with Crippen LogP contribution in [0.25, 0.3) is 0 Å². The normalized spacial score (nSPS) is 13.0. The Kier molecular flexibility index (Phi) is 24.9. The molecule has 0 radical (unpaired) electrons. The first kappa shape index (κ1) is 43.6. The number of hydrogen-bond acceptors (Lipinski definition) is 14. The first-order chi connectivity index (χ1) is 23.0. The second-order valence-corrected chi connectivity index (χ2v) is 12.9. The number of rotatable bonds is 32. The number of thioether (sulfide) groups is 1. The Morgan fingerprint density at radius 1 is 0.812 bits per heavy atom. The zero-order valence-electron chi connectivity index (χ0n) is 28.5. The Hall–Kier alpha value is -2.42. The van der Waals surface area contributed by atoms with Gasteiger partial charge in [0.25, 0.3) is 0 Å². The summed E-state index contributed by atoms with van der Waals surface area (Å²) in [6.07, 6.45) is 2.19. The number of carboxylic acids is 2. The highest BCUT2D eigenvalue weighted by Gasteiger charge is 2.24. The standard InChI is InChI=1S/C30H55N5O12S/c1-30(2,3)4-6-41-8-10-43-12-14-45-16-18-47-19-17-46-15-13-44-11-9-42-7-5-35-22-24(33-34-35)21-32-28(38)26(20-27(36)37)48-23-25(31)29(39)40/h22,25-26H,4-21,23,31H2,1-3H3,(H,32,38)(H,36,37)(H,39,40). The molecule has 18 heteroatoms. The van der Waals surface area contributed by atoms with E-state index in [9.17, 15) is 14.4 Å². The van der Waals surface area contributed by atoms with E-state index in [0.717, 1.165) is 24.8 Å². The Morgan fingerprint density at radius 3 is 1.71 bits per heavy atom. The van der Waals surface area contributed by atoms with Crippen molar-refractivity contribution in [1.82, 2.24) is 20.3 Å². The minimum atomic E-state index is -1.23. The van der Waals surface area contributed by atoms with Crippen molar-refractivity contribution in [2.24, 2.45) is 11.1 Å². The molecule has 0 aliphatic carbocycles. The molecule has 0 fully saturated rings. The molecule has 2 atom stereocenters. The van der Waals surface area contributed by atoms with Crippen molar-refractivity contribution in [3.63, 3.8) is 0 Å². The van der Waals surface area contributed by atoms with E-state index in [1.54, 1.807) is 10.9 Å². The molecule has 5 N–H and O–H groups in total. The zero-order valence-corrected chi connectivity index (χ0v) is 29.3. The number of ether oxygens (including phenoxy) is 7. The number of aliphatic carboxylic acids is 2. The number of hydrogen-bond donors (Lipinski definition) is 4. The lowest BCUT2D eigenvalue weighted by molar-refractivity contribution is -0.138. The molecule has 1 aromatic heterocycles. The third kappa shape index (κ3) is 25.6. The SMILES string of the molecule is CC(C)(C)CCOCCOCCOCCOCCOCCOCCOCCn1cc(CNC(=O)C(CC(=O)O)SCC(N)C(=O)O)nn1. The number of carboxylic acid groups (broad SMARTS) is 2. The van der Waals surface area contributed by atoms with Gasteiger partial charge >= 0.3 is 11.9 Å².